The zero-order valence-electron chi connectivity index (χ0n) is 26.0. The summed E-state index contributed by atoms with van der Waals surface area (Å²) in [5.74, 6) is -0.0779. The van der Waals surface area contributed by atoms with Crippen molar-refractivity contribution in [1.82, 2.24) is 8.87 Å². The third kappa shape index (κ3) is 6.23. The molecule has 2 heterocycles. The molecule has 10 nitrogen and oxygen atoms in total. The lowest BCUT2D eigenvalue weighted by Gasteiger charge is -2.27. The smallest absolute Gasteiger partial charge is 0.258 e. The zero-order chi connectivity index (χ0) is 32.4. The highest BCUT2D eigenvalue weighted by atomic mass is 32.2. The van der Waals surface area contributed by atoms with Crippen LogP contribution in [0.4, 0.5) is 11.4 Å². The summed E-state index contributed by atoms with van der Waals surface area (Å²) >= 11 is 0. The van der Waals surface area contributed by atoms with Gasteiger partial charge in [-0.3, -0.25) is 14.4 Å². The number of rotatable bonds is 11. The van der Waals surface area contributed by atoms with E-state index < -0.39 is 15.4 Å². The Morgan fingerprint density at radius 2 is 1.56 bits per heavy atom. The Hall–Kier alpha value is -4.48. The van der Waals surface area contributed by atoms with Crippen molar-refractivity contribution in [3.05, 3.63) is 95.4 Å². The van der Waals surface area contributed by atoms with Gasteiger partial charge in [-0.2, -0.15) is 4.31 Å². The van der Waals surface area contributed by atoms with Crippen LogP contribution in [0.5, 0.6) is 5.75 Å². The average Bonchev–Trinajstić information content (AvgIpc) is 3.09. The number of fused-ring (bicyclic) bond motifs is 2. The maximum atomic E-state index is 13.6. The summed E-state index contributed by atoms with van der Waals surface area (Å²) in [6.45, 7) is 6.18. The van der Waals surface area contributed by atoms with Crippen LogP contribution in [0.2, 0.25) is 0 Å². The van der Waals surface area contributed by atoms with Crippen molar-refractivity contribution in [1.29, 1.82) is 0 Å². The highest BCUT2D eigenvalue weighted by Crippen LogP contribution is 2.40. The zero-order valence-corrected chi connectivity index (χ0v) is 26.8. The van der Waals surface area contributed by atoms with Gasteiger partial charge in [-0.25, -0.2) is 8.42 Å². The minimum absolute atomic E-state index is 0.0951. The highest BCUT2D eigenvalue weighted by Gasteiger charge is 2.45. The SMILES string of the molecule is CCN1C(=O)C(C)(C)C(=O)N(C)c2cc(OCCCN(CCn3ccc4ccccc4c3=O)S(=O)(=O)c3ccccc3)ccc21. The molecule has 0 aliphatic carbocycles. The Balaban J connectivity index is 1.32. The number of carbonyl (C=O) groups excluding carboxylic acids is 2. The van der Waals surface area contributed by atoms with Crippen molar-refractivity contribution in [3.63, 3.8) is 0 Å². The molecule has 0 bridgehead atoms. The van der Waals surface area contributed by atoms with Crippen molar-refractivity contribution < 1.29 is 22.7 Å². The van der Waals surface area contributed by atoms with Crippen LogP contribution in [-0.4, -0.2) is 62.4 Å². The van der Waals surface area contributed by atoms with Crippen molar-refractivity contribution in [2.75, 3.05) is 43.1 Å². The molecule has 1 aliphatic heterocycles. The number of hydrogen-bond donors (Lipinski definition) is 0. The summed E-state index contributed by atoms with van der Waals surface area (Å²) in [5, 5.41) is 1.41. The molecule has 0 spiro atoms. The van der Waals surface area contributed by atoms with Crippen molar-refractivity contribution in [3.8, 4) is 5.75 Å². The van der Waals surface area contributed by atoms with E-state index in [4.69, 9.17) is 4.74 Å². The number of carbonyl (C=O) groups is 2. The molecule has 5 rings (SSSR count). The summed E-state index contributed by atoms with van der Waals surface area (Å²) in [7, 11) is -2.20. The van der Waals surface area contributed by atoms with Gasteiger partial charge in [0.25, 0.3) is 5.56 Å². The lowest BCUT2D eigenvalue weighted by molar-refractivity contribution is -0.137. The summed E-state index contributed by atoms with van der Waals surface area (Å²) in [6.07, 6.45) is 2.06. The van der Waals surface area contributed by atoms with Gasteiger partial charge in [0.1, 0.15) is 11.2 Å². The van der Waals surface area contributed by atoms with Crippen LogP contribution in [0.1, 0.15) is 27.2 Å². The molecule has 45 heavy (non-hydrogen) atoms. The van der Waals surface area contributed by atoms with Gasteiger partial charge in [0, 0.05) is 50.9 Å². The van der Waals surface area contributed by atoms with Crippen molar-refractivity contribution in [2.24, 2.45) is 5.41 Å². The van der Waals surface area contributed by atoms with Crippen molar-refractivity contribution >= 4 is 44.0 Å². The third-order valence-corrected chi connectivity index (χ3v) is 10.1. The van der Waals surface area contributed by atoms with Crippen LogP contribution >= 0.6 is 0 Å². The number of anilines is 2. The molecule has 0 saturated heterocycles. The average molecular weight is 631 g/mol. The minimum atomic E-state index is -3.85. The maximum Gasteiger partial charge on any atom is 0.258 e. The van der Waals surface area contributed by atoms with E-state index in [9.17, 15) is 22.8 Å². The molecule has 0 unspecified atom stereocenters. The predicted molar refractivity (Wildman–Crippen MR) is 175 cm³/mol. The summed E-state index contributed by atoms with van der Waals surface area (Å²) in [6, 6.07) is 22.6. The number of aromatic nitrogens is 1. The molecule has 1 aromatic heterocycles. The minimum Gasteiger partial charge on any atom is -0.493 e. The summed E-state index contributed by atoms with van der Waals surface area (Å²) in [4.78, 5) is 42.6. The van der Waals surface area contributed by atoms with E-state index in [0.717, 1.165) is 5.39 Å². The number of benzene rings is 3. The van der Waals surface area contributed by atoms with Crippen LogP contribution in [0.25, 0.3) is 10.8 Å². The van der Waals surface area contributed by atoms with E-state index in [2.05, 4.69) is 0 Å². The second-order valence-corrected chi connectivity index (χ2v) is 13.4. The van der Waals surface area contributed by atoms with E-state index in [0.29, 0.717) is 35.5 Å². The molecule has 0 radical (unpaired) electrons. The predicted octanol–water partition coefficient (Wildman–Crippen LogP) is 4.52. The first-order valence-corrected chi connectivity index (χ1v) is 16.4. The van der Waals surface area contributed by atoms with E-state index in [1.165, 1.54) is 13.8 Å². The summed E-state index contributed by atoms with van der Waals surface area (Å²) in [5.41, 5.74) is -0.198. The fourth-order valence-corrected chi connectivity index (χ4v) is 7.11. The highest BCUT2D eigenvalue weighted by molar-refractivity contribution is 7.89. The monoisotopic (exact) mass is 630 g/mol. The molecule has 2 amide bonds. The molecule has 4 aromatic rings. The van der Waals surface area contributed by atoms with Gasteiger partial charge in [0.2, 0.25) is 21.8 Å². The molecular formula is C34H38N4O6S. The van der Waals surface area contributed by atoms with Crippen LogP contribution in [0.15, 0.2) is 94.7 Å². The number of ether oxygens (including phenoxy) is 1. The van der Waals surface area contributed by atoms with E-state index in [1.54, 1.807) is 92.7 Å². The van der Waals surface area contributed by atoms with Crippen LogP contribution < -0.4 is 20.1 Å². The molecule has 0 saturated carbocycles. The van der Waals surface area contributed by atoms with E-state index in [-0.39, 0.29) is 48.5 Å². The van der Waals surface area contributed by atoms with Gasteiger partial charge in [0.05, 0.1) is 22.9 Å². The first kappa shape index (κ1) is 31.9. The van der Waals surface area contributed by atoms with Crippen molar-refractivity contribution in [2.45, 2.75) is 38.6 Å². The molecule has 3 aromatic carbocycles. The van der Waals surface area contributed by atoms with Gasteiger partial charge >= 0.3 is 0 Å². The van der Waals surface area contributed by atoms with Gasteiger partial charge in [-0.15, -0.1) is 0 Å². The number of hydrogen-bond acceptors (Lipinski definition) is 6. The second kappa shape index (κ2) is 12.9. The molecule has 236 valence electrons. The number of nitrogens with zero attached hydrogens (tertiary/aromatic N) is 4. The van der Waals surface area contributed by atoms with E-state index >= 15 is 0 Å². The van der Waals surface area contributed by atoms with Crippen LogP contribution in [0.3, 0.4) is 0 Å². The first-order valence-electron chi connectivity index (χ1n) is 15.0. The molecular weight excluding hydrogens is 592 g/mol. The Bertz CT molecular complexity index is 1890. The first-order chi connectivity index (χ1) is 21.5. The molecule has 0 atom stereocenters. The standard InChI is InChI=1S/C34H38N4O6S/c1-5-38-29-17-16-26(24-30(29)35(4)32(40)34(2,3)33(38)41)44-23-11-19-37(45(42,43)27-13-7-6-8-14-27)22-21-36-20-18-25-12-9-10-15-28(25)31(36)39/h6-10,12-18,20,24H,5,11,19,21-23H2,1-4H3. The Morgan fingerprint density at radius 3 is 2.29 bits per heavy atom. The fraction of sp³-hybridized carbons (Fsp3) is 0.324. The number of sulfonamides is 1. The number of pyridine rings is 1. The van der Waals surface area contributed by atoms with Crippen LogP contribution in [-0.2, 0) is 26.2 Å². The number of amides is 2. The van der Waals surface area contributed by atoms with Gasteiger partial charge in [-0.1, -0.05) is 36.4 Å². The maximum absolute atomic E-state index is 13.6. The topological polar surface area (TPSA) is 109 Å². The van der Waals surface area contributed by atoms with Gasteiger partial charge in [0.15, 0.2) is 0 Å². The Labute approximate surface area is 263 Å². The lowest BCUT2D eigenvalue weighted by atomic mass is 9.90. The van der Waals surface area contributed by atoms with Gasteiger partial charge in [-0.05, 0) is 69.0 Å². The largest absolute Gasteiger partial charge is 0.493 e. The van der Waals surface area contributed by atoms with E-state index in [1.807, 2.05) is 25.1 Å². The van der Waals surface area contributed by atoms with Crippen LogP contribution in [0, 0.1) is 5.41 Å². The quantitative estimate of drug-likeness (QED) is 0.178. The Morgan fingerprint density at radius 1 is 0.844 bits per heavy atom. The molecule has 11 heteroatoms. The second-order valence-electron chi connectivity index (χ2n) is 11.5. The third-order valence-electron chi connectivity index (χ3n) is 8.21. The fourth-order valence-electron chi connectivity index (χ4n) is 5.62. The Kier molecular flexibility index (Phi) is 9.13. The summed E-state index contributed by atoms with van der Waals surface area (Å²) < 4.78 is 36.2. The normalized spacial score (nSPS) is 15.0. The van der Waals surface area contributed by atoms with Gasteiger partial charge < -0.3 is 19.1 Å². The molecule has 1 aliphatic rings. The molecule has 0 fully saturated rings. The molecule has 0 N–H and O–H groups in total. The lowest BCUT2D eigenvalue weighted by Crippen LogP contribution is -2.47.